The van der Waals surface area contributed by atoms with Gasteiger partial charge in [0.2, 0.25) is 11.8 Å². The van der Waals surface area contributed by atoms with E-state index in [0.717, 1.165) is 32.1 Å². The van der Waals surface area contributed by atoms with Gasteiger partial charge in [0.1, 0.15) is 11.8 Å². The fraction of sp³-hybridized carbons (Fsp3) is 0.500. The normalized spacial score (nSPS) is 14.7. The highest BCUT2D eigenvalue weighted by atomic mass is 16.5. The highest BCUT2D eigenvalue weighted by molar-refractivity contribution is 5.95. The van der Waals surface area contributed by atoms with Gasteiger partial charge in [-0.3, -0.25) is 14.4 Å². The molecule has 1 unspecified atom stereocenters. The molecule has 3 rings (SSSR count). The molecular formula is C26H35N3O6. The van der Waals surface area contributed by atoms with Crippen molar-refractivity contribution in [1.82, 2.24) is 15.5 Å². The smallest absolute Gasteiger partial charge is 0.287 e. The van der Waals surface area contributed by atoms with Gasteiger partial charge < -0.3 is 29.4 Å². The summed E-state index contributed by atoms with van der Waals surface area (Å²) >= 11 is 0. The van der Waals surface area contributed by atoms with Crippen molar-refractivity contribution in [2.24, 2.45) is 0 Å². The number of furan rings is 1. The first kappa shape index (κ1) is 26.3. The zero-order valence-corrected chi connectivity index (χ0v) is 20.5. The summed E-state index contributed by atoms with van der Waals surface area (Å²) in [4.78, 5) is 40.9. The molecule has 1 aliphatic carbocycles. The van der Waals surface area contributed by atoms with Gasteiger partial charge in [0.05, 0.1) is 26.0 Å². The van der Waals surface area contributed by atoms with E-state index in [0.29, 0.717) is 17.9 Å². The van der Waals surface area contributed by atoms with Gasteiger partial charge in [0.25, 0.3) is 5.91 Å². The molecule has 3 amide bonds. The van der Waals surface area contributed by atoms with Crippen molar-refractivity contribution in [2.45, 2.75) is 51.1 Å². The van der Waals surface area contributed by atoms with Crippen molar-refractivity contribution >= 4 is 17.7 Å². The molecule has 1 atom stereocenters. The van der Waals surface area contributed by atoms with Crippen LogP contribution in [-0.2, 0) is 14.3 Å². The molecule has 9 nitrogen and oxygen atoms in total. The summed E-state index contributed by atoms with van der Waals surface area (Å²) in [6.07, 6.45) is 6.51. The number of hydrogen-bond donors (Lipinski definition) is 2. The monoisotopic (exact) mass is 485 g/mol. The number of hydrogen-bond acceptors (Lipinski definition) is 6. The Balaban J connectivity index is 1.88. The van der Waals surface area contributed by atoms with Crippen LogP contribution in [0.1, 0.15) is 61.2 Å². The lowest BCUT2D eigenvalue weighted by Gasteiger charge is -2.34. The first-order valence-electron chi connectivity index (χ1n) is 12.2. The molecule has 0 aliphatic heterocycles. The number of amides is 3. The van der Waals surface area contributed by atoms with Crippen LogP contribution in [0.3, 0.4) is 0 Å². The van der Waals surface area contributed by atoms with Crippen LogP contribution < -0.4 is 15.4 Å². The molecule has 0 saturated heterocycles. The molecular weight excluding hydrogens is 450 g/mol. The average Bonchev–Trinajstić information content (AvgIpc) is 3.41. The lowest BCUT2D eigenvalue weighted by Crippen LogP contribution is -2.50. The van der Waals surface area contributed by atoms with E-state index in [-0.39, 0.29) is 37.4 Å². The van der Waals surface area contributed by atoms with E-state index >= 15 is 0 Å². The summed E-state index contributed by atoms with van der Waals surface area (Å²) in [6, 6.07) is 9.46. The predicted octanol–water partition coefficient (Wildman–Crippen LogP) is 3.07. The SMILES string of the molecule is CCOc1ccccc1C(C(=O)NC1CCCCC1)N(CCOC)C(=O)CNC(=O)c1ccco1. The maximum absolute atomic E-state index is 13.7. The molecule has 1 aromatic carbocycles. The Morgan fingerprint density at radius 3 is 2.57 bits per heavy atom. The van der Waals surface area contributed by atoms with Crippen molar-refractivity contribution in [3.05, 3.63) is 54.0 Å². The molecule has 0 bridgehead atoms. The number of carbonyl (C=O) groups is 3. The number of nitrogens with one attached hydrogen (secondary N) is 2. The van der Waals surface area contributed by atoms with Crippen LogP contribution in [-0.4, -0.2) is 62.1 Å². The van der Waals surface area contributed by atoms with Gasteiger partial charge in [-0.15, -0.1) is 0 Å². The second kappa shape index (κ2) is 13.5. The number of benzene rings is 1. The summed E-state index contributed by atoms with van der Waals surface area (Å²) in [5.74, 6) is -0.556. The summed E-state index contributed by atoms with van der Waals surface area (Å²) in [5, 5.41) is 5.73. The van der Waals surface area contributed by atoms with Gasteiger partial charge in [-0.05, 0) is 38.0 Å². The van der Waals surface area contributed by atoms with Crippen molar-refractivity contribution in [1.29, 1.82) is 0 Å². The topological polar surface area (TPSA) is 110 Å². The molecule has 2 aromatic rings. The Bertz CT molecular complexity index is 956. The third-order valence-corrected chi connectivity index (χ3v) is 6.03. The molecule has 0 spiro atoms. The van der Waals surface area contributed by atoms with Gasteiger partial charge in [0, 0.05) is 25.3 Å². The van der Waals surface area contributed by atoms with Gasteiger partial charge in [-0.25, -0.2) is 0 Å². The lowest BCUT2D eigenvalue weighted by molar-refractivity contribution is -0.141. The Labute approximate surface area is 206 Å². The van der Waals surface area contributed by atoms with E-state index < -0.39 is 17.9 Å². The van der Waals surface area contributed by atoms with E-state index in [1.54, 1.807) is 18.2 Å². The van der Waals surface area contributed by atoms with Gasteiger partial charge in [-0.2, -0.15) is 0 Å². The average molecular weight is 486 g/mol. The van der Waals surface area contributed by atoms with Crippen LogP contribution in [0.5, 0.6) is 5.75 Å². The molecule has 1 saturated carbocycles. The molecule has 35 heavy (non-hydrogen) atoms. The minimum Gasteiger partial charge on any atom is -0.494 e. The number of nitrogens with zero attached hydrogens (tertiary/aromatic N) is 1. The minimum absolute atomic E-state index is 0.0658. The van der Waals surface area contributed by atoms with Crippen LogP contribution in [0.15, 0.2) is 47.1 Å². The van der Waals surface area contributed by atoms with Gasteiger partial charge >= 0.3 is 0 Å². The highest BCUT2D eigenvalue weighted by Crippen LogP contribution is 2.31. The van der Waals surface area contributed by atoms with Crippen LogP contribution >= 0.6 is 0 Å². The second-order valence-electron chi connectivity index (χ2n) is 8.46. The Hall–Kier alpha value is -3.33. The third kappa shape index (κ3) is 7.32. The van der Waals surface area contributed by atoms with Gasteiger partial charge in [-0.1, -0.05) is 37.5 Å². The maximum Gasteiger partial charge on any atom is 0.287 e. The third-order valence-electron chi connectivity index (χ3n) is 6.03. The molecule has 1 aromatic heterocycles. The summed E-state index contributed by atoms with van der Waals surface area (Å²) < 4.78 is 16.1. The van der Waals surface area contributed by atoms with Crippen molar-refractivity contribution < 1.29 is 28.3 Å². The molecule has 0 radical (unpaired) electrons. The molecule has 1 heterocycles. The predicted molar refractivity (Wildman–Crippen MR) is 130 cm³/mol. The molecule has 9 heteroatoms. The number of rotatable bonds is 12. The van der Waals surface area contributed by atoms with E-state index in [4.69, 9.17) is 13.9 Å². The fourth-order valence-corrected chi connectivity index (χ4v) is 4.31. The zero-order chi connectivity index (χ0) is 25.0. The van der Waals surface area contributed by atoms with Crippen molar-refractivity contribution in [2.75, 3.05) is 33.4 Å². The summed E-state index contributed by atoms with van der Waals surface area (Å²) in [5.41, 5.74) is 0.587. The molecule has 190 valence electrons. The number of methoxy groups -OCH3 is 1. The molecule has 1 aliphatic rings. The van der Waals surface area contributed by atoms with Crippen LogP contribution in [0.25, 0.3) is 0 Å². The Morgan fingerprint density at radius 2 is 1.89 bits per heavy atom. The van der Waals surface area contributed by atoms with Crippen LogP contribution in [0.2, 0.25) is 0 Å². The van der Waals surface area contributed by atoms with E-state index in [9.17, 15) is 14.4 Å². The van der Waals surface area contributed by atoms with E-state index in [1.807, 2.05) is 19.1 Å². The maximum atomic E-state index is 13.7. The molecule has 1 fully saturated rings. The van der Waals surface area contributed by atoms with Gasteiger partial charge in [0.15, 0.2) is 5.76 Å². The molecule has 2 N–H and O–H groups in total. The minimum atomic E-state index is -0.942. The van der Waals surface area contributed by atoms with E-state index in [2.05, 4.69) is 10.6 Å². The zero-order valence-electron chi connectivity index (χ0n) is 20.5. The van der Waals surface area contributed by atoms with Crippen molar-refractivity contribution in [3.63, 3.8) is 0 Å². The fourth-order valence-electron chi connectivity index (χ4n) is 4.31. The quantitative estimate of drug-likeness (QED) is 0.478. The highest BCUT2D eigenvalue weighted by Gasteiger charge is 2.34. The largest absolute Gasteiger partial charge is 0.494 e. The number of ether oxygens (including phenoxy) is 2. The van der Waals surface area contributed by atoms with E-state index in [1.165, 1.54) is 24.3 Å². The number of carbonyl (C=O) groups excluding carboxylic acids is 3. The summed E-state index contributed by atoms with van der Waals surface area (Å²) in [7, 11) is 1.53. The first-order valence-corrected chi connectivity index (χ1v) is 12.2. The summed E-state index contributed by atoms with van der Waals surface area (Å²) in [6.45, 7) is 2.37. The Kier molecular flexibility index (Phi) is 10.2. The number of para-hydroxylation sites is 1. The standard InChI is InChI=1S/C26H35N3O6/c1-3-34-21-13-8-7-12-20(21)24(26(32)28-19-10-5-4-6-11-19)29(15-17-33-2)23(30)18-27-25(31)22-14-9-16-35-22/h7-9,12-14,16,19,24H,3-6,10-11,15,17-18H2,1-2H3,(H,27,31)(H,28,32). The first-order chi connectivity index (χ1) is 17.0. The lowest BCUT2D eigenvalue weighted by atomic mass is 9.94. The van der Waals surface area contributed by atoms with Crippen molar-refractivity contribution in [3.8, 4) is 5.75 Å². The van der Waals surface area contributed by atoms with Crippen LogP contribution in [0, 0.1) is 0 Å². The Morgan fingerprint density at radius 1 is 1.11 bits per heavy atom. The van der Waals surface area contributed by atoms with Crippen LogP contribution in [0.4, 0.5) is 0 Å². The second-order valence-corrected chi connectivity index (χ2v) is 8.46.